The zero-order valence-electron chi connectivity index (χ0n) is 11.5. The van der Waals surface area contributed by atoms with Gasteiger partial charge in [-0.25, -0.2) is 0 Å². The summed E-state index contributed by atoms with van der Waals surface area (Å²) >= 11 is 0. The van der Waals surface area contributed by atoms with Crippen molar-refractivity contribution in [3.63, 3.8) is 0 Å². The highest BCUT2D eigenvalue weighted by molar-refractivity contribution is 5.14. The fourth-order valence-corrected chi connectivity index (χ4v) is 2.22. The molecule has 0 saturated carbocycles. The van der Waals surface area contributed by atoms with Gasteiger partial charge in [0.05, 0.1) is 12.6 Å². The molecule has 4 nitrogen and oxygen atoms in total. The summed E-state index contributed by atoms with van der Waals surface area (Å²) in [5.41, 5.74) is 1.04. The molecule has 0 bridgehead atoms. The lowest BCUT2D eigenvalue weighted by Crippen LogP contribution is -2.41. The Morgan fingerprint density at radius 2 is 2.16 bits per heavy atom. The molecular formula is C15H21NO3. The van der Waals surface area contributed by atoms with Gasteiger partial charge in [0.1, 0.15) is 6.10 Å². The Bertz CT molecular complexity index is 419. The standard InChI is InChI=1S/C15H21NO3/c1-4-13(14-11-18-15(2,3)19-14)16(17)10-12-8-6-5-7-9-12/h4-9,13-14,17H,1,10-11H2,2-3H3/t13-,14-/m0/s1. The molecule has 0 radical (unpaired) electrons. The van der Waals surface area contributed by atoms with E-state index in [1.807, 2.05) is 44.2 Å². The molecule has 0 amide bonds. The summed E-state index contributed by atoms with van der Waals surface area (Å²) in [6.45, 7) is 8.40. The summed E-state index contributed by atoms with van der Waals surface area (Å²) in [7, 11) is 0. The maximum absolute atomic E-state index is 10.2. The average molecular weight is 263 g/mol. The van der Waals surface area contributed by atoms with E-state index in [0.29, 0.717) is 13.2 Å². The first kappa shape index (κ1) is 14.2. The average Bonchev–Trinajstić information content (AvgIpc) is 2.72. The van der Waals surface area contributed by atoms with Crippen LogP contribution >= 0.6 is 0 Å². The van der Waals surface area contributed by atoms with E-state index in [4.69, 9.17) is 9.47 Å². The van der Waals surface area contributed by atoms with E-state index in [9.17, 15) is 5.21 Å². The number of hydroxylamine groups is 2. The van der Waals surface area contributed by atoms with Gasteiger partial charge in [-0.1, -0.05) is 36.4 Å². The van der Waals surface area contributed by atoms with E-state index in [1.165, 1.54) is 5.06 Å². The van der Waals surface area contributed by atoms with Crippen LogP contribution in [0.5, 0.6) is 0 Å². The van der Waals surface area contributed by atoms with Crippen molar-refractivity contribution in [2.45, 2.75) is 38.3 Å². The van der Waals surface area contributed by atoms with Gasteiger partial charge in [-0.3, -0.25) is 0 Å². The van der Waals surface area contributed by atoms with Crippen molar-refractivity contribution >= 4 is 0 Å². The van der Waals surface area contributed by atoms with Crippen LogP contribution in [0.25, 0.3) is 0 Å². The number of hydrogen-bond acceptors (Lipinski definition) is 4. The molecule has 1 fully saturated rings. The maximum atomic E-state index is 10.2. The Morgan fingerprint density at radius 1 is 1.47 bits per heavy atom. The number of ether oxygens (including phenoxy) is 2. The van der Waals surface area contributed by atoms with Gasteiger partial charge < -0.3 is 14.7 Å². The van der Waals surface area contributed by atoms with Crippen molar-refractivity contribution in [1.82, 2.24) is 5.06 Å². The minimum absolute atomic E-state index is 0.207. The Labute approximate surface area is 114 Å². The lowest BCUT2D eigenvalue weighted by molar-refractivity contribution is -0.178. The highest BCUT2D eigenvalue weighted by Crippen LogP contribution is 2.26. The molecule has 0 aromatic heterocycles. The topological polar surface area (TPSA) is 41.9 Å². The Hall–Kier alpha value is -1.20. The third kappa shape index (κ3) is 3.64. The minimum atomic E-state index is -0.598. The van der Waals surface area contributed by atoms with Gasteiger partial charge in [-0.15, -0.1) is 6.58 Å². The van der Waals surface area contributed by atoms with Crippen molar-refractivity contribution in [3.8, 4) is 0 Å². The zero-order chi connectivity index (χ0) is 13.9. The molecule has 2 atom stereocenters. The molecule has 0 aliphatic carbocycles. The molecule has 4 heteroatoms. The Balaban J connectivity index is 2.00. The van der Waals surface area contributed by atoms with Gasteiger partial charge >= 0.3 is 0 Å². The van der Waals surface area contributed by atoms with E-state index in [-0.39, 0.29) is 12.1 Å². The van der Waals surface area contributed by atoms with Crippen molar-refractivity contribution < 1.29 is 14.7 Å². The van der Waals surface area contributed by atoms with Crippen molar-refractivity contribution in [2.24, 2.45) is 0 Å². The summed E-state index contributed by atoms with van der Waals surface area (Å²) in [5.74, 6) is -0.598. The van der Waals surface area contributed by atoms with Crippen LogP contribution < -0.4 is 0 Å². The predicted molar refractivity (Wildman–Crippen MR) is 72.7 cm³/mol. The fourth-order valence-electron chi connectivity index (χ4n) is 2.22. The van der Waals surface area contributed by atoms with Gasteiger partial charge in [0, 0.05) is 6.54 Å². The number of benzene rings is 1. The minimum Gasteiger partial charge on any atom is -0.348 e. The fraction of sp³-hybridized carbons (Fsp3) is 0.467. The van der Waals surface area contributed by atoms with Crippen LogP contribution in [-0.2, 0) is 16.0 Å². The molecule has 0 unspecified atom stereocenters. The highest BCUT2D eigenvalue weighted by Gasteiger charge is 2.38. The van der Waals surface area contributed by atoms with Crippen LogP contribution in [0.15, 0.2) is 43.0 Å². The normalized spacial score (nSPS) is 23.5. The molecule has 1 heterocycles. The van der Waals surface area contributed by atoms with Crippen LogP contribution in [0, 0.1) is 0 Å². The molecule has 1 aliphatic rings. The summed E-state index contributed by atoms with van der Waals surface area (Å²) in [4.78, 5) is 0. The molecule has 2 rings (SSSR count). The molecule has 0 spiro atoms. The van der Waals surface area contributed by atoms with Gasteiger partial charge in [-0.2, -0.15) is 5.06 Å². The first-order valence-electron chi connectivity index (χ1n) is 6.45. The van der Waals surface area contributed by atoms with Crippen LogP contribution in [0.2, 0.25) is 0 Å². The molecule has 104 valence electrons. The number of hydrogen-bond donors (Lipinski definition) is 1. The number of rotatable bonds is 5. The zero-order valence-corrected chi connectivity index (χ0v) is 11.5. The molecule has 19 heavy (non-hydrogen) atoms. The monoisotopic (exact) mass is 263 g/mol. The lowest BCUT2D eigenvalue weighted by Gasteiger charge is -2.28. The van der Waals surface area contributed by atoms with Crippen molar-refractivity contribution in [3.05, 3.63) is 48.6 Å². The van der Waals surface area contributed by atoms with Crippen LogP contribution in [0.3, 0.4) is 0 Å². The first-order valence-corrected chi connectivity index (χ1v) is 6.45. The molecule has 1 aliphatic heterocycles. The van der Waals surface area contributed by atoms with E-state index in [1.54, 1.807) is 6.08 Å². The summed E-state index contributed by atoms with van der Waals surface area (Å²) < 4.78 is 11.3. The van der Waals surface area contributed by atoms with E-state index >= 15 is 0 Å². The first-order chi connectivity index (χ1) is 9.02. The largest absolute Gasteiger partial charge is 0.348 e. The van der Waals surface area contributed by atoms with Gasteiger partial charge in [-0.05, 0) is 19.4 Å². The quantitative estimate of drug-likeness (QED) is 0.655. The summed E-state index contributed by atoms with van der Waals surface area (Å²) in [5, 5.41) is 11.5. The van der Waals surface area contributed by atoms with Gasteiger partial charge in [0.2, 0.25) is 0 Å². The maximum Gasteiger partial charge on any atom is 0.163 e. The van der Waals surface area contributed by atoms with Crippen molar-refractivity contribution in [2.75, 3.05) is 6.61 Å². The molecule has 1 aromatic carbocycles. The summed E-state index contributed by atoms with van der Waals surface area (Å²) in [6, 6.07) is 9.50. The van der Waals surface area contributed by atoms with Crippen LogP contribution in [-0.4, -0.2) is 34.8 Å². The third-order valence-corrected chi connectivity index (χ3v) is 3.18. The van der Waals surface area contributed by atoms with Crippen LogP contribution in [0.4, 0.5) is 0 Å². The Morgan fingerprint density at radius 3 is 2.68 bits per heavy atom. The number of nitrogens with zero attached hydrogens (tertiary/aromatic N) is 1. The predicted octanol–water partition coefficient (Wildman–Crippen LogP) is 2.58. The SMILES string of the molecule is C=C[C@@H]([C@@H]1COC(C)(C)O1)N(O)Cc1ccccc1. The van der Waals surface area contributed by atoms with Crippen LogP contribution in [0.1, 0.15) is 19.4 Å². The molecular weight excluding hydrogens is 242 g/mol. The highest BCUT2D eigenvalue weighted by atomic mass is 16.7. The van der Waals surface area contributed by atoms with E-state index in [0.717, 1.165) is 5.56 Å². The summed E-state index contributed by atoms with van der Waals surface area (Å²) in [6.07, 6.45) is 1.49. The van der Waals surface area contributed by atoms with E-state index in [2.05, 4.69) is 6.58 Å². The lowest BCUT2D eigenvalue weighted by atomic mass is 10.1. The van der Waals surface area contributed by atoms with Gasteiger partial charge in [0.15, 0.2) is 5.79 Å². The molecule has 1 N–H and O–H groups in total. The van der Waals surface area contributed by atoms with Gasteiger partial charge in [0.25, 0.3) is 0 Å². The van der Waals surface area contributed by atoms with Crippen molar-refractivity contribution in [1.29, 1.82) is 0 Å². The second kappa shape index (κ2) is 5.84. The molecule has 1 aromatic rings. The smallest absolute Gasteiger partial charge is 0.163 e. The Kier molecular flexibility index (Phi) is 4.37. The third-order valence-electron chi connectivity index (χ3n) is 3.18. The second-order valence-corrected chi connectivity index (χ2v) is 5.18. The second-order valence-electron chi connectivity index (χ2n) is 5.18. The molecule has 1 saturated heterocycles. The van der Waals surface area contributed by atoms with E-state index < -0.39 is 5.79 Å².